The third-order valence-electron chi connectivity index (χ3n) is 2.87. The molecule has 0 bridgehead atoms. The number of ether oxygens (including phenoxy) is 1. The molecule has 17 nitrogen and oxygen atoms in total. The Bertz CT molecular complexity index is 1170. The number of carbonyl (C=O) groups is 4. The average molecular weight is 1030 g/mol. The van der Waals surface area contributed by atoms with E-state index in [9.17, 15) is 48.6 Å². The van der Waals surface area contributed by atoms with Gasteiger partial charge in [0.1, 0.15) is 15.6 Å². The molecule has 0 aromatic rings. The molecule has 0 spiro atoms. The maximum Gasteiger partial charge on any atom is 0.302 e. The summed E-state index contributed by atoms with van der Waals surface area (Å²) in [5.41, 5.74) is 0. The van der Waals surface area contributed by atoms with Crippen LogP contribution in [0, 0.1) is 0 Å². The van der Waals surface area contributed by atoms with Gasteiger partial charge in [-0.15, -0.1) is 65.8 Å². The second-order valence-corrected chi connectivity index (χ2v) is 20.1. The van der Waals surface area contributed by atoms with Crippen molar-refractivity contribution in [2.75, 3.05) is 135 Å². The zero-order valence-corrected chi connectivity index (χ0v) is 47.3. The van der Waals surface area contributed by atoms with Crippen LogP contribution in [0.15, 0.2) is 65.8 Å². The van der Waals surface area contributed by atoms with E-state index in [4.69, 9.17) is 0 Å². The van der Waals surface area contributed by atoms with E-state index in [-0.39, 0.29) is 45.8 Å². The third kappa shape index (κ3) is 549. The predicted molar refractivity (Wildman–Crippen MR) is 296 cm³/mol. The number of Topliss-reactive ketones (excluding diaryl/α,β-unsaturated/α-hetero) is 1. The van der Waals surface area contributed by atoms with Crippen LogP contribution in [0.3, 0.4) is 0 Å². The first-order valence-corrected chi connectivity index (χ1v) is 26.2. The van der Waals surface area contributed by atoms with Crippen molar-refractivity contribution in [2.45, 2.75) is 56.9 Å². The van der Waals surface area contributed by atoms with E-state index in [1.807, 2.05) is 38.6 Å². The monoisotopic (exact) mass is 1030 g/mol. The zero-order chi connectivity index (χ0) is 54.7. The first-order valence-electron chi connectivity index (χ1n) is 16.6. The Kier molecular flexibility index (Phi) is 175. The Morgan fingerprint density at radius 2 is 0.531 bits per heavy atom. The number of methoxy groups -OCH3 is 1. The number of esters is 1. The van der Waals surface area contributed by atoms with Crippen LogP contribution in [-0.2, 0) is 64.6 Å². The number of hydrogen-bond acceptors (Lipinski definition) is 14. The average Bonchev–Trinajstić information content (AvgIpc) is 3.08. The Morgan fingerprint density at radius 3 is 0.531 bits per heavy atom. The van der Waals surface area contributed by atoms with Crippen LogP contribution in [-0.4, -0.2) is 211 Å². The standard InChI is InChI=1S/2C4H9NO.2C3H9NO2S.C3H9N.C3H6O2.C3H6O.C2H6O2S.C2H6OS.C2H6S.5C2H4.3CH4/c2*1-4(6)5(2)3;2*1-4(2)7(3,5)6;1-4(2)3;1-3(4)5-2;1-3(2)4;1-5(2,3)4;1-4(2)3;1-3-2;5*1-2;;;/h2*1-3H3;2*1-3H3;1-3H3;1-2H3;1-2H3;1-2H3;1-2H3;1-2H3;5*1-2H2;3*1H4. The molecule has 0 atom stereocenters. The van der Waals surface area contributed by atoms with Crippen molar-refractivity contribution in [1.29, 1.82) is 0 Å². The van der Waals surface area contributed by atoms with E-state index >= 15 is 0 Å². The molecule has 0 N–H and O–H groups in total. The highest BCUT2D eigenvalue weighted by Gasteiger charge is 2.01. The Morgan fingerprint density at radius 1 is 0.484 bits per heavy atom. The number of sulfone groups is 1. The molecule has 2 amide bonds. The molecule has 0 aromatic carbocycles. The van der Waals surface area contributed by atoms with Gasteiger partial charge in [-0.05, 0) is 47.5 Å². The van der Waals surface area contributed by atoms with Crippen molar-refractivity contribution >= 4 is 76.0 Å². The van der Waals surface area contributed by atoms with Crippen LogP contribution in [0.1, 0.15) is 56.9 Å². The van der Waals surface area contributed by atoms with Gasteiger partial charge in [-0.2, -0.15) is 11.8 Å². The number of amides is 2. The molecule has 0 saturated heterocycles. The topological polar surface area (TPSA) is 213 Å². The minimum atomic E-state index is -2.91. The van der Waals surface area contributed by atoms with E-state index in [1.165, 1.54) is 79.7 Å². The van der Waals surface area contributed by atoms with Crippen molar-refractivity contribution in [1.82, 2.24) is 23.3 Å². The number of nitrogens with zero attached hydrogens (tertiary/aromatic N) is 5. The van der Waals surface area contributed by atoms with Crippen molar-refractivity contribution in [2.24, 2.45) is 0 Å². The van der Waals surface area contributed by atoms with Crippen molar-refractivity contribution < 1.29 is 53.4 Å². The van der Waals surface area contributed by atoms with Crippen molar-refractivity contribution in [3.63, 3.8) is 0 Å². The first-order chi connectivity index (χ1) is 27.1. The van der Waals surface area contributed by atoms with Gasteiger partial charge < -0.3 is 24.2 Å². The lowest BCUT2D eigenvalue weighted by atomic mass is 10.6. The predicted octanol–water partition coefficient (Wildman–Crippen LogP) is 6.71. The molecule has 0 aliphatic rings. The summed E-state index contributed by atoms with van der Waals surface area (Å²) in [6.45, 7) is 37.5. The highest BCUT2D eigenvalue weighted by molar-refractivity contribution is 7.97. The second kappa shape index (κ2) is 94.6. The highest BCUT2D eigenvalue weighted by atomic mass is 32.2. The molecule has 0 fully saturated rings. The summed E-state index contributed by atoms with van der Waals surface area (Å²) in [6.07, 6.45) is 12.0. The maximum atomic E-state index is 10.3. The van der Waals surface area contributed by atoms with Crippen LogP contribution in [0.5, 0.6) is 0 Å². The van der Waals surface area contributed by atoms with Crippen LogP contribution in [0.25, 0.3) is 0 Å². The summed E-state index contributed by atoms with van der Waals surface area (Å²) in [4.78, 5) is 44.2. The van der Waals surface area contributed by atoms with Gasteiger partial charge in [-0.25, -0.2) is 33.9 Å². The van der Waals surface area contributed by atoms with E-state index in [0.717, 1.165) is 33.6 Å². The number of rotatable bonds is 2. The van der Waals surface area contributed by atoms with Crippen LogP contribution in [0.2, 0.25) is 0 Å². The van der Waals surface area contributed by atoms with Gasteiger partial charge in [0.2, 0.25) is 31.9 Å². The number of ketones is 1. The molecule has 0 rings (SSSR count). The SMILES string of the molecule is C.C.C.C=C.C=C.C=C.C=C.C=C.CC(=O)N(C)C.CC(=O)N(C)C.CC(C)=O.CN(C)C.CN(C)S(C)(=O)=O.CN(C)S(C)(=O)=O.COC(C)=O.CS(C)(=O)=O.CS(C)=O.CSC. The fraction of sp³-hybridized carbons (Fsp3) is 0.667. The quantitative estimate of drug-likeness (QED) is 0.208. The summed E-state index contributed by atoms with van der Waals surface area (Å²) in [7, 11) is 11.1. The van der Waals surface area contributed by atoms with Crippen LogP contribution >= 0.6 is 11.8 Å². The largest absolute Gasteiger partial charge is 0.469 e. The second-order valence-electron chi connectivity index (χ2n) is 11.2. The number of sulfonamides is 2. The summed E-state index contributed by atoms with van der Waals surface area (Å²) in [6, 6.07) is 0. The Hall–Kier alpha value is -2.99. The zero-order valence-electron chi connectivity index (χ0n) is 43.2. The molecule has 0 radical (unpaired) electrons. The highest BCUT2D eigenvalue weighted by Crippen LogP contribution is 1.83. The lowest BCUT2D eigenvalue weighted by molar-refractivity contribution is -0.138. The molecule has 22 heteroatoms. The van der Waals surface area contributed by atoms with E-state index in [1.54, 1.807) is 52.5 Å². The van der Waals surface area contributed by atoms with Gasteiger partial charge in [0.25, 0.3) is 0 Å². The fourth-order valence-corrected chi connectivity index (χ4v) is 0. The lowest BCUT2D eigenvalue weighted by Gasteiger charge is -2.02. The number of hydrogen-bond donors (Lipinski definition) is 0. The Labute approximate surface area is 408 Å². The number of carbonyl (C=O) groups excluding carboxylic acids is 4. The van der Waals surface area contributed by atoms with Crippen molar-refractivity contribution in [3.05, 3.63) is 65.8 Å². The summed E-state index contributed by atoms with van der Waals surface area (Å²) in [5, 5.41) is 0. The summed E-state index contributed by atoms with van der Waals surface area (Å²) >= 11 is 1.75. The molecule has 0 saturated carbocycles. The van der Waals surface area contributed by atoms with Gasteiger partial charge in [0.15, 0.2) is 0 Å². The third-order valence-corrected chi connectivity index (χ3v) is 5.53. The first kappa shape index (κ1) is 119. The maximum absolute atomic E-state index is 10.3. The number of thioether (sulfide) groups is 1. The van der Waals surface area contributed by atoms with E-state index < -0.39 is 40.7 Å². The van der Waals surface area contributed by atoms with E-state index in [2.05, 4.69) is 70.5 Å². The van der Waals surface area contributed by atoms with Gasteiger partial charge in [0.05, 0.1) is 19.6 Å². The van der Waals surface area contributed by atoms with Gasteiger partial charge in [0, 0.05) is 113 Å². The molecule has 64 heavy (non-hydrogen) atoms. The smallest absolute Gasteiger partial charge is 0.302 e. The molecule has 0 aliphatic carbocycles. The van der Waals surface area contributed by atoms with Gasteiger partial charge in [-0.3, -0.25) is 18.6 Å². The van der Waals surface area contributed by atoms with E-state index in [0.29, 0.717) is 0 Å². The molecule has 0 unspecified atom stereocenters. The summed E-state index contributed by atoms with van der Waals surface area (Å²) in [5.74, 6) is 0.106. The molecule has 0 aromatic heterocycles. The minimum Gasteiger partial charge on any atom is -0.469 e. The molecule has 0 aliphatic heterocycles. The van der Waals surface area contributed by atoms with Gasteiger partial charge in [-0.1, -0.05) is 22.3 Å². The van der Waals surface area contributed by atoms with Crippen LogP contribution in [0.4, 0.5) is 0 Å². The normalized spacial score (nSPS) is 7.77. The van der Waals surface area contributed by atoms with Crippen molar-refractivity contribution in [3.8, 4) is 0 Å². The fourth-order valence-electron chi connectivity index (χ4n) is 0. The van der Waals surface area contributed by atoms with Crippen LogP contribution < -0.4 is 0 Å². The summed E-state index contributed by atoms with van der Waals surface area (Å²) < 4.78 is 76.3. The molecular formula is C42H107N5O12S5. The molecular weight excluding hydrogens is 927 g/mol. The molecule has 402 valence electrons. The minimum absolute atomic E-state index is 0. The lowest BCUT2D eigenvalue weighted by Crippen LogP contribution is -2.19. The van der Waals surface area contributed by atoms with Gasteiger partial charge >= 0.3 is 5.97 Å². The Balaban J connectivity index is -0.0000000225. The molecule has 0 heterocycles.